The van der Waals surface area contributed by atoms with Crippen LogP contribution in [-0.2, 0) is 9.53 Å². The molecule has 0 spiro atoms. The monoisotopic (exact) mass is 424 g/mol. The molecule has 0 aromatic carbocycles. The number of nitrogens with zero attached hydrogens (tertiary/aromatic N) is 2. The van der Waals surface area contributed by atoms with E-state index in [9.17, 15) is 9.59 Å². The van der Waals surface area contributed by atoms with Crippen molar-refractivity contribution in [2.75, 3.05) is 39.3 Å². The Kier molecular flexibility index (Phi) is 10.2. The lowest BCUT2D eigenvalue weighted by atomic mass is 9.91. The third-order valence-corrected chi connectivity index (χ3v) is 5.76. The highest BCUT2D eigenvalue weighted by Gasteiger charge is 2.38. The molecule has 3 rings (SSSR count). The Bertz CT molecular complexity index is 475. The molecule has 2 saturated heterocycles. The summed E-state index contributed by atoms with van der Waals surface area (Å²) in [5.74, 6) is -0.321. The molecule has 0 bridgehead atoms. The first kappa shape index (κ1) is 24.3. The Balaban J connectivity index is 0.00000182. The Labute approximate surface area is 174 Å². The molecular formula is C18H34Cl2N4O3. The molecule has 1 saturated carbocycles. The van der Waals surface area contributed by atoms with E-state index in [-0.39, 0.29) is 36.8 Å². The first-order valence-corrected chi connectivity index (χ1v) is 9.79. The van der Waals surface area contributed by atoms with Crippen molar-refractivity contribution in [3.63, 3.8) is 0 Å². The zero-order valence-corrected chi connectivity index (χ0v) is 17.8. The lowest BCUT2D eigenvalue weighted by molar-refractivity contribution is -0.163. The van der Waals surface area contributed by atoms with E-state index in [0.717, 1.165) is 58.5 Å². The number of carbonyl (C=O) groups is 2. The zero-order chi connectivity index (χ0) is 17.7. The second-order valence-corrected chi connectivity index (χ2v) is 7.58. The lowest BCUT2D eigenvalue weighted by Crippen LogP contribution is -2.60. The van der Waals surface area contributed by atoms with E-state index in [0.29, 0.717) is 18.9 Å². The highest BCUT2D eigenvalue weighted by molar-refractivity contribution is 5.85. The third-order valence-electron chi connectivity index (χ3n) is 5.76. The van der Waals surface area contributed by atoms with Gasteiger partial charge in [-0.15, -0.1) is 24.8 Å². The standard InChI is InChI=1S/C18H32N4O3.2ClH/c1-15(23)25-18(7-3-2-4-8-18)20-17(24)22-13-11-21(12-14-22)16-5-9-19-10-6-16;;/h16,19H,2-14H2,1H3,(H,20,24);2*1H. The van der Waals surface area contributed by atoms with Crippen molar-refractivity contribution >= 4 is 36.8 Å². The summed E-state index contributed by atoms with van der Waals surface area (Å²) in [6.07, 6.45) is 6.92. The van der Waals surface area contributed by atoms with Crippen molar-refractivity contribution in [3.8, 4) is 0 Å². The predicted molar refractivity (Wildman–Crippen MR) is 110 cm³/mol. The average molecular weight is 425 g/mol. The molecular weight excluding hydrogens is 391 g/mol. The molecule has 0 unspecified atom stereocenters. The van der Waals surface area contributed by atoms with E-state index in [1.807, 2.05) is 4.90 Å². The molecule has 3 aliphatic rings. The number of ether oxygens (including phenoxy) is 1. The van der Waals surface area contributed by atoms with Gasteiger partial charge in [-0.2, -0.15) is 0 Å². The minimum atomic E-state index is -0.798. The Morgan fingerprint density at radius 2 is 1.59 bits per heavy atom. The molecule has 0 atom stereocenters. The number of nitrogens with one attached hydrogen (secondary N) is 2. The van der Waals surface area contributed by atoms with E-state index in [1.165, 1.54) is 19.8 Å². The number of urea groups is 1. The smallest absolute Gasteiger partial charge is 0.320 e. The summed E-state index contributed by atoms with van der Waals surface area (Å²) in [5, 5.41) is 6.45. The highest BCUT2D eigenvalue weighted by atomic mass is 35.5. The van der Waals surface area contributed by atoms with Gasteiger partial charge >= 0.3 is 12.0 Å². The van der Waals surface area contributed by atoms with Crippen LogP contribution in [0.2, 0.25) is 0 Å². The van der Waals surface area contributed by atoms with E-state index >= 15 is 0 Å². The maximum atomic E-state index is 12.7. The molecule has 2 amide bonds. The van der Waals surface area contributed by atoms with Crippen LogP contribution in [0.1, 0.15) is 51.9 Å². The van der Waals surface area contributed by atoms with Gasteiger partial charge in [0.1, 0.15) is 0 Å². The number of carbonyl (C=O) groups excluding carboxylic acids is 2. The second kappa shape index (κ2) is 11.3. The van der Waals surface area contributed by atoms with Gasteiger partial charge in [-0.05, 0) is 38.8 Å². The number of piperidine rings is 1. The fourth-order valence-corrected chi connectivity index (χ4v) is 4.39. The first-order valence-electron chi connectivity index (χ1n) is 9.79. The lowest BCUT2D eigenvalue weighted by Gasteiger charge is -2.43. The molecule has 158 valence electrons. The second-order valence-electron chi connectivity index (χ2n) is 7.58. The summed E-state index contributed by atoms with van der Waals surface area (Å²) in [6, 6.07) is 0.560. The number of amides is 2. The van der Waals surface area contributed by atoms with Crippen LogP contribution in [-0.4, -0.2) is 72.8 Å². The van der Waals surface area contributed by atoms with Gasteiger partial charge in [-0.25, -0.2) is 4.79 Å². The summed E-state index contributed by atoms with van der Waals surface area (Å²) >= 11 is 0. The number of piperazine rings is 1. The van der Waals surface area contributed by atoms with Crippen LogP contribution >= 0.6 is 24.8 Å². The van der Waals surface area contributed by atoms with Crippen molar-refractivity contribution in [2.24, 2.45) is 0 Å². The topological polar surface area (TPSA) is 73.9 Å². The number of hydrogen-bond donors (Lipinski definition) is 2. The van der Waals surface area contributed by atoms with Gasteiger partial charge in [0.15, 0.2) is 5.72 Å². The maximum absolute atomic E-state index is 12.7. The first-order chi connectivity index (χ1) is 12.1. The van der Waals surface area contributed by atoms with Crippen LogP contribution in [0.5, 0.6) is 0 Å². The summed E-state index contributed by atoms with van der Waals surface area (Å²) < 4.78 is 5.54. The van der Waals surface area contributed by atoms with E-state index in [1.54, 1.807) is 0 Å². The Morgan fingerprint density at radius 1 is 1.00 bits per heavy atom. The van der Waals surface area contributed by atoms with Crippen LogP contribution in [0.4, 0.5) is 4.79 Å². The molecule has 0 radical (unpaired) electrons. The van der Waals surface area contributed by atoms with Crippen molar-refractivity contribution < 1.29 is 14.3 Å². The maximum Gasteiger partial charge on any atom is 0.320 e. The average Bonchev–Trinajstić information content (AvgIpc) is 2.62. The van der Waals surface area contributed by atoms with Gasteiger partial charge in [0.25, 0.3) is 0 Å². The summed E-state index contributed by atoms with van der Waals surface area (Å²) in [5.41, 5.74) is -0.798. The minimum Gasteiger partial charge on any atom is -0.439 e. The summed E-state index contributed by atoms with van der Waals surface area (Å²) in [6.45, 7) is 6.95. The molecule has 1 aliphatic carbocycles. The molecule has 2 aliphatic heterocycles. The van der Waals surface area contributed by atoms with E-state index < -0.39 is 5.72 Å². The largest absolute Gasteiger partial charge is 0.439 e. The molecule has 2 heterocycles. The number of hydrogen-bond acceptors (Lipinski definition) is 5. The van der Waals surface area contributed by atoms with Crippen molar-refractivity contribution in [3.05, 3.63) is 0 Å². The van der Waals surface area contributed by atoms with Gasteiger partial charge < -0.3 is 15.0 Å². The SMILES string of the molecule is CC(=O)OC1(NC(=O)N2CCN(C3CCNCC3)CC2)CCCCC1.Cl.Cl. The van der Waals surface area contributed by atoms with Gasteiger partial charge in [0.05, 0.1) is 0 Å². The fourth-order valence-electron chi connectivity index (χ4n) is 4.39. The van der Waals surface area contributed by atoms with Crippen LogP contribution < -0.4 is 10.6 Å². The van der Waals surface area contributed by atoms with Crippen LogP contribution in [0.15, 0.2) is 0 Å². The number of rotatable bonds is 3. The van der Waals surface area contributed by atoms with E-state index in [2.05, 4.69) is 15.5 Å². The van der Waals surface area contributed by atoms with Gasteiger partial charge in [0, 0.05) is 52.0 Å². The molecule has 3 fully saturated rings. The highest BCUT2D eigenvalue weighted by Crippen LogP contribution is 2.30. The van der Waals surface area contributed by atoms with Crippen LogP contribution in [0.3, 0.4) is 0 Å². The molecule has 2 N–H and O–H groups in total. The van der Waals surface area contributed by atoms with Crippen LogP contribution in [0, 0.1) is 0 Å². The van der Waals surface area contributed by atoms with Crippen molar-refractivity contribution in [1.82, 2.24) is 20.4 Å². The quantitative estimate of drug-likeness (QED) is 0.536. The van der Waals surface area contributed by atoms with Crippen molar-refractivity contribution in [2.45, 2.75) is 63.6 Å². The Hall–Kier alpha value is -0.760. The van der Waals surface area contributed by atoms with E-state index in [4.69, 9.17) is 4.74 Å². The Morgan fingerprint density at radius 3 is 2.15 bits per heavy atom. The molecule has 0 aromatic heterocycles. The minimum absolute atomic E-state index is 0. The summed E-state index contributed by atoms with van der Waals surface area (Å²) in [7, 11) is 0. The fraction of sp³-hybridized carbons (Fsp3) is 0.889. The molecule has 0 aromatic rings. The number of halogens is 2. The third kappa shape index (κ3) is 6.66. The predicted octanol–water partition coefficient (Wildman–Crippen LogP) is 2.13. The summed E-state index contributed by atoms with van der Waals surface area (Å²) in [4.78, 5) is 28.6. The normalized spacial score (nSPS) is 23.5. The number of esters is 1. The van der Waals surface area contributed by atoms with Gasteiger partial charge in [0.2, 0.25) is 0 Å². The van der Waals surface area contributed by atoms with Crippen LogP contribution in [0.25, 0.3) is 0 Å². The van der Waals surface area contributed by atoms with Gasteiger partial charge in [-0.3, -0.25) is 15.0 Å². The molecule has 27 heavy (non-hydrogen) atoms. The van der Waals surface area contributed by atoms with Crippen molar-refractivity contribution in [1.29, 1.82) is 0 Å². The molecule has 9 heteroatoms. The zero-order valence-electron chi connectivity index (χ0n) is 16.2. The van der Waals surface area contributed by atoms with Gasteiger partial charge in [-0.1, -0.05) is 6.42 Å². The molecule has 7 nitrogen and oxygen atoms in total.